The van der Waals surface area contributed by atoms with E-state index in [4.69, 9.17) is 9.15 Å². The topological polar surface area (TPSA) is 55.6 Å². The van der Waals surface area contributed by atoms with Crippen LogP contribution in [0.25, 0.3) is 0 Å². The maximum absolute atomic E-state index is 11.5. The summed E-state index contributed by atoms with van der Waals surface area (Å²) in [6.07, 6.45) is 3.92. The number of hydrogen-bond donors (Lipinski definition) is 0. The number of hydrogen-bond acceptors (Lipinski definition) is 5. The number of esters is 1. The normalized spacial score (nSPS) is 14.9. The van der Waals surface area contributed by atoms with Gasteiger partial charge in [0.15, 0.2) is 5.69 Å². The standard InChI is InChI=1S/C13H20N2O3/c1-4-17-12(16)11-8-18-13(14-11)15(9(2)3)7-10-5-6-10/h8-10H,4-7H2,1-3H3. The van der Waals surface area contributed by atoms with E-state index in [1.165, 1.54) is 19.1 Å². The van der Waals surface area contributed by atoms with Gasteiger partial charge >= 0.3 is 5.97 Å². The minimum absolute atomic E-state index is 0.244. The van der Waals surface area contributed by atoms with Gasteiger partial charge in [0.1, 0.15) is 6.26 Å². The first kappa shape index (κ1) is 12.9. The molecule has 5 nitrogen and oxygen atoms in total. The fourth-order valence-electron chi connectivity index (χ4n) is 1.78. The molecule has 0 spiro atoms. The van der Waals surface area contributed by atoms with Gasteiger partial charge in [0.25, 0.3) is 6.01 Å². The molecule has 0 radical (unpaired) electrons. The van der Waals surface area contributed by atoms with Gasteiger partial charge < -0.3 is 14.1 Å². The molecule has 18 heavy (non-hydrogen) atoms. The fourth-order valence-corrected chi connectivity index (χ4v) is 1.78. The predicted molar refractivity (Wildman–Crippen MR) is 67.7 cm³/mol. The van der Waals surface area contributed by atoms with E-state index in [-0.39, 0.29) is 5.69 Å². The molecule has 0 atom stereocenters. The van der Waals surface area contributed by atoms with Gasteiger partial charge in [-0.2, -0.15) is 4.98 Å². The molecule has 1 aliphatic rings. The van der Waals surface area contributed by atoms with Gasteiger partial charge in [-0.25, -0.2) is 4.79 Å². The number of rotatable bonds is 6. The molecule has 0 aliphatic heterocycles. The van der Waals surface area contributed by atoms with Gasteiger partial charge in [0.05, 0.1) is 6.61 Å². The SMILES string of the molecule is CCOC(=O)c1coc(N(CC2CC2)C(C)C)n1. The van der Waals surface area contributed by atoms with Crippen molar-refractivity contribution in [2.75, 3.05) is 18.1 Å². The molecule has 0 N–H and O–H groups in total. The lowest BCUT2D eigenvalue weighted by atomic mass is 10.3. The Bertz CT molecular complexity index is 410. The third-order valence-electron chi connectivity index (χ3n) is 3.00. The molecule has 0 aromatic carbocycles. The third kappa shape index (κ3) is 3.03. The van der Waals surface area contributed by atoms with Crippen LogP contribution in [0.15, 0.2) is 10.7 Å². The third-order valence-corrected chi connectivity index (χ3v) is 3.00. The molecule has 2 rings (SSSR count). The van der Waals surface area contributed by atoms with E-state index < -0.39 is 5.97 Å². The summed E-state index contributed by atoms with van der Waals surface area (Å²) in [6, 6.07) is 0.819. The summed E-state index contributed by atoms with van der Waals surface area (Å²) in [5.41, 5.74) is 0.244. The van der Waals surface area contributed by atoms with E-state index in [1.807, 2.05) is 0 Å². The highest BCUT2D eigenvalue weighted by molar-refractivity contribution is 5.87. The molecule has 1 saturated carbocycles. The molecule has 5 heteroatoms. The van der Waals surface area contributed by atoms with Crippen LogP contribution in [0.2, 0.25) is 0 Å². The Morgan fingerprint density at radius 1 is 1.61 bits per heavy atom. The van der Waals surface area contributed by atoms with Crippen molar-refractivity contribution in [1.82, 2.24) is 4.98 Å². The fraction of sp³-hybridized carbons (Fsp3) is 0.692. The summed E-state index contributed by atoms with van der Waals surface area (Å²) in [4.78, 5) is 17.8. The van der Waals surface area contributed by atoms with Crippen LogP contribution < -0.4 is 4.90 Å². The van der Waals surface area contributed by atoms with E-state index in [9.17, 15) is 4.79 Å². The average Bonchev–Trinajstić information content (AvgIpc) is 3.01. The smallest absolute Gasteiger partial charge is 0.360 e. The van der Waals surface area contributed by atoms with Crippen molar-refractivity contribution in [3.05, 3.63) is 12.0 Å². The van der Waals surface area contributed by atoms with Crippen LogP contribution in [0, 0.1) is 5.92 Å². The highest BCUT2D eigenvalue weighted by Gasteiger charge is 2.28. The molecule has 0 bridgehead atoms. The van der Waals surface area contributed by atoms with Crippen LogP contribution >= 0.6 is 0 Å². The summed E-state index contributed by atoms with van der Waals surface area (Å²) in [7, 11) is 0. The number of oxazole rings is 1. The molecule has 1 aromatic rings. The lowest BCUT2D eigenvalue weighted by molar-refractivity contribution is 0.0519. The predicted octanol–water partition coefficient (Wildman–Crippen LogP) is 2.48. The number of anilines is 1. The Labute approximate surface area is 107 Å². The lowest BCUT2D eigenvalue weighted by Gasteiger charge is -2.24. The van der Waals surface area contributed by atoms with Gasteiger partial charge in [-0.1, -0.05) is 0 Å². The number of carbonyl (C=O) groups excluding carboxylic acids is 1. The van der Waals surface area contributed by atoms with Crippen LogP contribution in [0.1, 0.15) is 44.1 Å². The second-order valence-corrected chi connectivity index (χ2v) is 4.93. The van der Waals surface area contributed by atoms with Crippen LogP contribution in [0.5, 0.6) is 0 Å². The molecule has 100 valence electrons. The van der Waals surface area contributed by atoms with Crippen molar-refractivity contribution < 1.29 is 13.9 Å². The Kier molecular flexibility index (Phi) is 3.89. The first-order valence-electron chi connectivity index (χ1n) is 6.51. The first-order valence-corrected chi connectivity index (χ1v) is 6.51. The zero-order chi connectivity index (χ0) is 13.1. The summed E-state index contributed by atoms with van der Waals surface area (Å²) >= 11 is 0. The van der Waals surface area contributed by atoms with Crippen molar-refractivity contribution in [3.8, 4) is 0 Å². The monoisotopic (exact) mass is 252 g/mol. The van der Waals surface area contributed by atoms with Crippen molar-refractivity contribution in [2.24, 2.45) is 5.92 Å². The molecule has 1 heterocycles. The Balaban J connectivity index is 2.07. The number of nitrogens with zero attached hydrogens (tertiary/aromatic N) is 2. The second kappa shape index (κ2) is 5.42. The lowest BCUT2D eigenvalue weighted by Crippen LogP contribution is -2.33. The maximum Gasteiger partial charge on any atom is 0.360 e. The summed E-state index contributed by atoms with van der Waals surface area (Å²) in [5.74, 6) is 0.313. The van der Waals surface area contributed by atoms with Crippen molar-refractivity contribution >= 4 is 12.0 Å². The molecule has 1 aliphatic carbocycles. The summed E-state index contributed by atoms with van der Waals surface area (Å²) in [6.45, 7) is 7.25. The van der Waals surface area contributed by atoms with Crippen molar-refractivity contribution in [3.63, 3.8) is 0 Å². The quantitative estimate of drug-likeness (QED) is 0.728. The minimum atomic E-state index is -0.428. The van der Waals surface area contributed by atoms with Crippen LogP contribution in [-0.4, -0.2) is 30.1 Å². The molecule has 1 fully saturated rings. The Morgan fingerprint density at radius 2 is 2.33 bits per heavy atom. The first-order chi connectivity index (χ1) is 8.61. The van der Waals surface area contributed by atoms with Gasteiger partial charge in [0, 0.05) is 12.6 Å². The van der Waals surface area contributed by atoms with Gasteiger partial charge in [-0.15, -0.1) is 0 Å². The molecular formula is C13H20N2O3. The number of aromatic nitrogens is 1. The van der Waals surface area contributed by atoms with E-state index >= 15 is 0 Å². The molecular weight excluding hydrogens is 232 g/mol. The van der Waals surface area contributed by atoms with Crippen LogP contribution in [0.3, 0.4) is 0 Å². The number of ether oxygens (including phenoxy) is 1. The molecule has 0 unspecified atom stereocenters. The van der Waals surface area contributed by atoms with E-state index in [2.05, 4.69) is 23.7 Å². The van der Waals surface area contributed by atoms with Crippen molar-refractivity contribution in [2.45, 2.75) is 39.7 Å². The van der Waals surface area contributed by atoms with Gasteiger partial charge in [-0.3, -0.25) is 0 Å². The molecule has 0 amide bonds. The Hall–Kier alpha value is -1.52. The van der Waals surface area contributed by atoms with Gasteiger partial charge in [-0.05, 0) is 39.5 Å². The average molecular weight is 252 g/mol. The largest absolute Gasteiger partial charge is 0.461 e. The summed E-state index contributed by atoms with van der Waals surface area (Å²) < 4.78 is 10.3. The zero-order valence-electron chi connectivity index (χ0n) is 11.2. The van der Waals surface area contributed by atoms with E-state index in [0.717, 1.165) is 12.5 Å². The molecule has 1 aromatic heterocycles. The maximum atomic E-state index is 11.5. The summed E-state index contributed by atoms with van der Waals surface area (Å²) in [5, 5.41) is 0. The van der Waals surface area contributed by atoms with Crippen LogP contribution in [-0.2, 0) is 4.74 Å². The minimum Gasteiger partial charge on any atom is -0.461 e. The zero-order valence-corrected chi connectivity index (χ0v) is 11.2. The van der Waals surface area contributed by atoms with Crippen LogP contribution in [0.4, 0.5) is 6.01 Å². The Morgan fingerprint density at radius 3 is 2.89 bits per heavy atom. The second-order valence-electron chi connectivity index (χ2n) is 4.93. The molecule has 0 saturated heterocycles. The van der Waals surface area contributed by atoms with E-state index in [0.29, 0.717) is 18.7 Å². The van der Waals surface area contributed by atoms with Gasteiger partial charge in [0.2, 0.25) is 0 Å². The van der Waals surface area contributed by atoms with E-state index in [1.54, 1.807) is 6.92 Å². The number of carbonyl (C=O) groups is 1. The van der Waals surface area contributed by atoms with Crippen molar-refractivity contribution in [1.29, 1.82) is 0 Å². The highest BCUT2D eigenvalue weighted by atomic mass is 16.5. The highest BCUT2D eigenvalue weighted by Crippen LogP contribution is 2.32.